The van der Waals surface area contributed by atoms with Gasteiger partial charge in [0.2, 0.25) is 0 Å². The maximum absolute atomic E-state index is 10.9. The van der Waals surface area contributed by atoms with Crippen LogP contribution in [0.15, 0.2) is 40.4 Å². The molecular formula is C11H9N5O4. The lowest BCUT2D eigenvalue weighted by Gasteiger charge is -1.87. The van der Waals surface area contributed by atoms with Gasteiger partial charge < -0.3 is 10.1 Å². The zero-order chi connectivity index (χ0) is 14.5. The molecule has 3 aromatic rings. The van der Waals surface area contributed by atoms with E-state index in [0.29, 0.717) is 0 Å². The second-order valence-electron chi connectivity index (χ2n) is 3.58. The molecule has 3 rings (SSSR count). The number of aromatic amines is 3. The lowest BCUT2D eigenvalue weighted by molar-refractivity contribution is 0.0696. The summed E-state index contributed by atoms with van der Waals surface area (Å²) >= 11 is 0. The van der Waals surface area contributed by atoms with Gasteiger partial charge in [-0.2, -0.15) is 0 Å². The number of H-pyrrole nitrogens is 3. The molecule has 20 heavy (non-hydrogen) atoms. The smallest absolute Gasteiger partial charge is 0.337 e. The standard InChI is InChI=1S/C6H5NO2.C5H4N4O2/c8-6(9)5-2-1-3-7-4-5;10-4-2-3(7-1-6-2)8-5(11)9-4/h1-4H,(H,8,9);1H,(H3,6,7,8,9,10,11). The summed E-state index contributed by atoms with van der Waals surface area (Å²) in [4.78, 5) is 46.1. The largest absolute Gasteiger partial charge is 0.478 e. The number of carboxylic acid groups (broad SMARTS) is 1. The zero-order valence-corrected chi connectivity index (χ0v) is 9.95. The highest BCUT2D eigenvalue weighted by atomic mass is 16.4. The van der Waals surface area contributed by atoms with E-state index >= 15 is 0 Å². The van der Waals surface area contributed by atoms with Gasteiger partial charge in [-0.3, -0.25) is 19.7 Å². The summed E-state index contributed by atoms with van der Waals surface area (Å²) in [7, 11) is 0. The number of aromatic carboxylic acids is 1. The number of hydrogen-bond acceptors (Lipinski definition) is 5. The molecule has 0 aromatic carbocycles. The Kier molecular flexibility index (Phi) is 3.70. The summed E-state index contributed by atoms with van der Waals surface area (Å²) in [6.07, 6.45) is 4.19. The lowest BCUT2D eigenvalue weighted by Crippen LogP contribution is -2.21. The molecule has 0 saturated heterocycles. The molecule has 0 unspecified atom stereocenters. The number of nitrogens with one attached hydrogen (secondary N) is 3. The van der Waals surface area contributed by atoms with Gasteiger partial charge >= 0.3 is 11.7 Å². The second kappa shape index (κ2) is 5.61. The molecule has 9 heteroatoms. The topological polar surface area (TPSA) is 145 Å². The summed E-state index contributed by atoms with van der Waals surface area (Å²) in [5.41, 5.74) is -0.225. The Bertz CT molecular complexity index is 833. The number of aromatic nitrogens is 5. The molecule has 0 aliphatic carbocycles. The van der Waals surface area contributed by atoms with Crippen LogP contribution in [0.3, 0.4) is 0 Å². The molecule has 9 nitrogen and oxygen atoms in total. The van der Waals surface area contributed by atoms with Crippen molar-refractivity contribution in [2.24, 2.45) is 0 Å². The van der Waals surface area contributed by atoms with Crippen molar-refractivity contribution in [2.75, 3.05) is 0 Å². The van der Waals surface area contributed by atoms with E-state index in [1.807, 2.05) is 0 Å². The predicted octanol–water partition coefficient (Wildman–Crippen LogP) is -0.281. The molecule has 0 spiro atoms. The van der Waals surface area contributed by atoms with E-state index in [0.717, 1.165) is 0 Å². The van der Waals surface area contributed by atoms with Gasteiger partial charge in [0.05, 0.1) is 11.9 Å². The van der Waals surface area contributed by atoms with Crippen LogP contribution in [0.25, 0.3) is 11.2 Å². The minimum absolute atomic E-state index is 0.220. The number of hydrogen-bond donors (Lipinski definition) is 4. The van der Waals surface area contributed by atoms with Gasteiger partial charge in [0, 0.05) is 12.4 Å². The lowest BCUT2D eigenvalue weighted by atomic mass is 10.3. The predicted molar refractivity (Wildman–Crippen MR) is 68.5 cm³/mol. The van der Waals surface area contributed by atoms with Crippen LogP contribution in [-0.4, -0.2) is 36.0 Å². The molecular weight excluding hydrogens is 266 g/mol. The Morgan fingerprint density at radius 3 is 2.65 bits per heavy atom. The number of imidazole rings is 1. The van der Waals surface area contributed by atoms with Crippen LogP contribution < -0.4 is 11.2 Å². The normalized spacial score (nSPS) is 9.80. The number of rotatable bonds is 1. The van der Waals surface area contributed by atoms with Crippen LogP contribution in [0.1, 0.15) is 10.4 Å². The molecule has 0 atom stereocenters. The van der Waals surface area contributed by atoms with E-state index in [1.165, 1.54) is 24.8 Å². The fraction of sp³-hybridized carbons (Fsp3) is 0. The van der Waals surface area contributed by atoms with Crippen molar-refractivity contribution in [3.8, 4) is 0 Å². The minimum atomic E-state index is -0.942. The summed E-state index contributed by atoms with van der Waals surface area (Å²) in [6.45, 7) is 0. The van der Waals surface area contributed by atoms with Crippen LogP contribution in [-0.2, 0) is 0 Å². The van der Waals surface area contributed by atoms with E-state index in [1.54, 1.807) is 6.07 Å². The van der Waals surface area contributed by atoms with Gasteiger partial charge in [-0.05, 0) is 12.1 Å². The van der Waals surface area contributed by atoms with Crippen LogP contribution >= 0.6 is 0 Å². The molecule has 0 amide bonds. The van der Waals surface area contributed by atoms with Crippen molar-refractivity contribution < 1.29 is 9.90 Å². The van der Waals surface area contributed by atoms with Gasteiger partial charge in [0.15, 0.2) is 5.65 Å². The zero-order valence-electron chi connectivity index (χ0n) is 9.95. The highest BCUT2D eigenvalue weighted by Gasteiger charge is 2.00. The first-order chi connectivity index (χ1) is 9.58. The molecule has 0 aliphatic heterocycles. The SMILES string of the molecule is O=C(O)c1cccnc1.O=c1[nH]c(=O)c2[nH]cnc2[nH]1. The Hall–Kier alpha value is -3.23. The van der Waals surface area contributed by atoms with Crippen molar-refractivity contribution in [2.45, 2.75) is 0 Å². The Morgan fingerprint density at radius 1 is 1.25 bits per heavy atom. The van der Waals surface area contributed by atoms with Crippen LogP contribution in [0, 0.1) is 0 Å². The van der Waals surface area contributed by atoms with Gasteiger partial charge in [-0.1, -0.05) is 0 Å². The molecule has 4 N–H and O–H groups in total. The molecule has 0 aliphatic rings. The fourth-order valence-corrected chi connectivity index (χ4v) is 1.36. The summed E-state index contributed by atoms with van der Waals surface area (Å²) in [6, 6.07) is 3.08. The maximum Gasteiger partial charge on any atom is 0.337 e. The maximum atomic E-state index is 10.9. The average molecular weight is 275 g/mol. The molecule has 0 fully saturated rings. The van der Waals surface area contributed by atoms with Gasteiger partial charge in [0.25, 0.3) is 5.56 Å². The van der Waals surface area contributed by atoms with Crippen molar-refractivity contribution in [1.82, 2.24) is 24.9 Å². The number of carboxylic acids is 1. The number of pyridine rings is 1. The Morgan fingerprint density at radius 2 is 2.05 bits per heavy atom. The first-order valence-electron chi connectivity index (χ1n) is 5.37. The third-order valence-electron chi connectivity index (χ3n) is 2.23. The van der Waals surface area contributed by atoms with E-state index in [4.69, 9.17) is 5.11 Å². The third kappa shape index (κ3) is 2.96. The number of nitrogens with zero attached hydrogens (tertiary/aromatic N) is 2. The van der Waals surface area contributed by atoms with E-state index in [2.05, 4.69) is 24.9 Å². The summed E-state index contributed by atoms with van der Waals surface area (Å²) in [5.74, 6) is -0.942. The first-order valence-corrected chi connectivity index (χ1v) is 5.37. The van der Waals surface area contributed by atoms with Crippen molar-refractivity contribution in [3.05, 3.63) is 57.3 Å². The quantitative estimate of drug-likeness (QED) is 0.480. The monoisotopic (exact) mass is 275 g/mol. The Balaban J connectivity index is 0.000000151. The van der Waals surface area contributed by atoms with Crippen LogP contribution in [0.4, 0.5) is 0 Å². The highest BCUT2D eigenvalue weighted by Crippen LogP contribution is 1.93. The van der Waals surface area contributed by atoms with E-state index < -0.39 is 17.2 Å². The molecule has 3 heterocycles. The Labute approximate surface area is 110 Å². The second-order valence-corrected chi connectivity index (χ2v) is 3.58. The van der Waals surface area contributed by atoms with E-state index in [-0.39, 0.29) is 16.7 Å². The summed E-state index contributed by atoms with van der Waals surface area (Å²) in [5, 5.41) is 8.34. The fourth-order valence-electron chi connectivity index (χ4n) is 1.36. The molecule has 102 valence electrons. The number of carbonyl (C=O) groups is 1. The van der Waals surface area contributed by atoms with Crippen molar-refractivity contribution in [1.29, 1.82) is 0 Å². The average Bonchev–Trinajstić information content (AvgIpc) is 2.89. The molecule has 0 radical (unpaired) electrons. The molecule has 0 saturated carbocycles. The third-order valence-corrected chi connectivity index (χ3v) is 2.23. The van der Waals surface area contributed by atoms with Crippen LogP contribution in [0.2, 0.25) is 0 Å². The van der Waals surface area contributed by atoms with Gasteiger partial charge in [-0.15, -0.1) is 0 Å². The van der Waals surface area contributed by atoms with Gasteiger partial charge in [-0.25, -0.2) is 14.6 Å². The minimum Gasteiger partial charge on any atom is -0.478 e. The molecule has 3 aromatic heterocycles. The van der Waals surface area contributed by atoms with Crippen molar-refractivity contribution in [3.63, 3.8) is 0 Å². The number of fused-ring (bicyclic) bond motifs is 1. The van der Waals surface area contributed by atoms with Gasteiger partial charge in [0.1, 0.15) is 5.52 Å². The van der Waals surface area contributed by atoms with Crippen molar-refractivity contribution >= 4 is 17.1 Å². The first kappa shape index (κ1) is 13.2. The van der Waals surface area contributed by atoms with E-state index in [9.17, 15) is 14.4 Å². The highest BCUT2D eigenvalue weighted by molar-refractivity contribution is 5.86. The summed E-state index contributed by atoms with van der Waals surface area (Å²) < 4.78 is 0. The molecule has 0 bridgehead atoms. The van der Waals surface area contributed by atoms with Crippen LogP contribution in [0.5, 0.6) is 0 Å².